The SMILES string of the molecule is O=C(NC[C@@H]1CC[C@@H]2CN(C(=O)c3cccnc3)c3ccccc3CN21)c1cccc(F)c1. The molecule has 2 aliphatic rings. The Bertz CT molecular complexity index is 1170. The highest BCUT2D eigenvalue weighted by Gasteiger charge is 2.39. The lowest BCUT2D eigenvalue weighted by Gasteiger charge is -2.29. The van der Waals surface area contributed by atoms with Crippen molar-refractivity contribution < 1.29 is 14.0 Å². The monoisotopic (exact) mass is 444 g/mol. The predicted octanol–water partition coefficient (Wildman–Crippen LogP) is 3.64. The van der Waals surface area contributed by atoms with Gasteiger partial charge in [0.05, 0.1) is 5.56 Å². The Morgan fingerprint density at radius 3 is 2.70 bits per heavy atom. The topological polar surface area (TPSA) is 65.5 Å². The maximum atomic E-state index is 13.5. The van der Waals surface area contributed by atoms with Gasteiger partial charge in [0.1, 0.15) is 5.82 Å². The van der Waals surface area contributed by atoms with E-state index in [0.717, 1.165) is 24.1 Å². The van der Waals surface area contributed by atoms with Gasteiger partial charge in [-0.15, -0.1) is 0 Å². The molecule has 5 rings (SSSR count). The number of nitrogens with zero attached hydrogens (tertiary/aromatic N) is 3. The van der Waals surface area contributed by atoms with Gasteiger partial charge in [0.25, 0.3) is 11.8 Å². The van der Waals surface area contributed by atoms with E-state index >= 15 is 0 Å². The van der Waals surface area contributed by atoms with E-state index in [9.17, 15) is 14.0 Å². The Labute approximate surface area is 192 Å². The highest BCUT2D eigenvalue weighted by Crippen LogP contribution is 2.35. The standard InChI is InChI=1S/C26H25FN4O2/c27-21-8-3-6-18(13-21)25(32)29-15-22-10-11-23-17-31(26(33)19-7-4-12-28-14-19)24-9-2-1-5-20(24)16-30(22)23/h1-9,12-14,22-23H,10-11,15-17H2,(H,29,32)/t22-,23+/m0/s1. The molecule has 1 aromatic heterocycles. The fourth-order valence-corrected chi connectivity index (χ4v) is 4.88. The first-order valence-corrected chi connectivity index (χ1v) is 11.2. The first kappa shape index (κ1) is 21.3. The number of amides is 2. The predicted molar refractivity (Wildman–Crippen MR) is 123 cm³/mol. The average molecular weight is 445 g/mol. The van der Waals surface area contributed by atoms with Gasteiger partial charge in [0.2, 0.25) is 0 Å². The van der Waals surface area contributed by atoms with Crippen LogP contribution in [0.3, 0.4) is 0 Å². The van der Waals surface area contributed by atoms with Crippen LogP contribution in [-0.2, 0) is 6.54 Å². The van der Waals surface area contributed by atoms with E-state index < -0.39 is 5.82 Å². The first-order chi connectivity index (χ1) is 16.1. The second-order valence-electron chi connectivity index (χ2n) is 8.56. The van der Waals surface area contributed by atoms with E-state index in [1.54, 1.807) is 30.6 Å². The van der Waals surface area contributed by atoms with Crippen LogP contribution in [0.2, 0.25) is 0 Å². The Kier molecular flexibility index (Phi) is 5.88. The van der Waals surface area contributed by atoms with Crippen molar-refractivity contribution in [3.05, 3.63) is 95.6 Å². The summed E-state index contributed by atoms with van der Waals surface area (Å²) in [5, 5.41) is 2.97. The molecule has 2 atom stereocenters. The average Bonchev–Trinajstić information content (AvgIpc) is 3.14. The lowest BCUT2D eigenvalue weighted by Crippen LogP contribution is -2.45. The number of benzene rings is 2. The zero-order chi connectivity index (χ0) is 22.8. The molecule has 0 spiro atoms. The maximum absolute atomic E-state index is 13.5. The number of para-hydroxylation sites is 1. The van der Waals surface area contributed by atoms with E-state index in [4.69, 9.17) is 0 Å². The number of carbonyl (C=O) groups is 2. The van der Waals surface area contributed by atoms with Crippen molar-refractivity contribution in [3.63, 3.8) is 0 Å². The van der Waals surface area contributed by atoms with Crippen molar-refractivity contribution >= 4 is 17.5 Å². The normalized spacial score (nSPS) is 20.0. The molecule has 3 aromatic rings. The van der Waals surface area contributed by atoms with Crippen LogP contribution >= 0.6 is 0 Å². The van der Waals surface area contributed by atoms with Gasteiger partial charge in [-0.25, -0.2) is 4.39 Å². The highest BCUT2D eigenvalue weighted by molar-refractivity contribution is 6.06. The number of hydrogen-bond acceptors (Lipinski definition) is 4. The van der Waals surface area contributed by atoms with Crippen LogP contribution < -0.4 is 10.2 Å². The molecule has 168 valence electrons. The molecule has 6 nitrogen and oxygen atoms in total. The van der Waals surface area contributed by atoms with Crippen LogP contribution in [0.15, 0.2) is 73.1 Å². The second kappa shape index (κ2) is 9.11. The van der Waals surface area contributed by atoms with E-state index in [1.807, 2.05) is 23.1 Å². The summed E-state index contributed by atoms with van der Waals surface area (Å²) in [6, 6.07) is 17.6. The van der Waals surface area contributed by atoms with Gasteiger partial charge in [-0.2, -0.15) is 0 Å². The van der Waals surface area contributed by atoms with Crippen LogP contribution in [0, 0.1) is 5.82 Å². The number of halogens is 1. The van der Waals surface area contributed by atoms with Gasteiger partial charge in [0, 0.05) is 55.4 Å². The number of nitrogens with one attached hydrogen (secondary N) is 1. The number of aromatic nitrogens is 1. The molecular weight excluding hydrogens is 419 g/mol. The lowest BCUT2D eigenvalue weighted by atomic mass is 10.1. The number of fused-ring (bicyclic) bond motifs is 2. The Hall–Kier alpha value is -3.58. The number of carbonyl (C=O) groups excluding carboxylic acids is 2. The molecule has 0 aliphatic carbocycles. The van der Waals surface area contributed by atoms with Gasteiger partial charge >= 0.3 is 0 Å². The molecule has 1 fully saturated rings. The molecule has 33 heavy (non-hydrogen) atoms. The fourth-order valence-electron chi connectivity index (χ4n) is 4.88. The molecule has 1 N–H and O–H groups in total. The third-order valence-electron chi connectivity index (χ3n) is 6.54. The van der Waals surface area contributed by atoms with Gasteiger partial charge in [-0.05, 0) is 54.8 Å². The minimum atomic E-state index is -0.425. The Morgan fingerprint density at radius 1 is 1.03 bits per heavy atom. The van der Waals surface area contributed by atoms with Crippen molar-refractivity contribution in [3.8, 4) is 0 Å². The summed E-state index contributed by atoms with van der Waals surface area (Å²) in [6.45, 7) is 1.77. The molecule has 1 saturated heterocycles. The van der Waals surface area contributed by atoms with Crippen molar-refractivity contribution in [1.29, 1.82) is 0 Å². The van der Waals surface area contributed by atoms with Crippen molar-refractivity contribution in [2.75, 3.05) is 18.0 Å². The van der Waals surface area contributed by atoms with Crippen molar-refractivity contribution in [1.82, 2.24) is 15.2 Å². The third-order valence-corrected chi connectivity index (χ3v) is 6.54. The van der Waals surface area contributed by atoms with E-state index in [1.165, 1.54) is 18.2 Å². The molecule has 7 heteroatoms. The summed E-state index contributed by atoms with van der Waals surface area (Å²) >= 11 is 0. The van der Waals surface area contributed by atoms with Crippen LogP contribution in [0.25, 0.3) is 0 Å². The van der Waals surface area contributed by atoms with Crippen LogP contribution in [0.4, 0.5) is 10.1 Å². The molecule has 0 bridgehead atoms. The number of rotatable bonds is 4. The summed E-state index contributed by atoms with van der Waals surface area (Å²) in [4.78, 5) is 34.3. The minimum Gasteiger partial charge on any atom is -0.350 e. The Morgan fingerprint density at radius 2 is 1.88 bits per heavy atom. The molecule has 0 saturated carbocycles. The fraction of sp³-hybridized carbons (Fsp3) is 0.269. The molecule has 2 aromatic carbocycles. The summed E-state index contributed by atoms with van der Waals surface area (Å²) < 4.78 is 13.5. The van der Waals surface area contributed by atoms with Gasteiger partial charge < -0.3 is 10.2 Å². The van der Waals surface area contributed by atoms with Gasteiger partial charge in [-0.3, -0.25) is 19.5 Å². The highest BCUT2D eigenvalue weighted by atomic mass is 19.1. The largest absolute Gasteiger partial charge is 0.350 e. The van der Waals surface area contributed by atoms with Crippen molar-refractivity contribution in [2.24, 2.45) is 0 Å². The maximum Gasteiger partial charge on any atom is 0.259 e. The number of anilines is 1. The molecule has 3 heterocycles. The third kappa shape index (κ3) is 4.36. The van der Waals surface area contributed by atoms with E-state index in [0.29, 0.717) is 30.8 Å². The molecular formula is C26H25FN4O2. The zero-order valence-corrected chi connectivity index (χ0v) is 18.2. The van der Waals surface area contributed by atoms with Gasteiger partial charge in [0.15, 0.2) is 0 Å². The van der Waals surface area contributed by atoms with Crippen molar-refractivity contribution in [2.45, 2.75) is 31.5 Å². The summed E-state index contributed by atoms with van der Waals surface area (Å²) in [5.41, 5.74) is 2.89. The first-order valence-electron chi connectivity index (χ1n) is 11.2. The van der Waals surface area contributed by atoms with Crippen LogP contribution in [-0.4, -0.2) is 46.9 Å². The quantitative estimate of drug-likeness (QED) is 0.667. The lowest BCUT2D eigenvalue weighted by molar-refractivity contribution is 0.0933. The Balaban J connectivity index is 1.35. The second-order valence-corrected chi connectivity index (χ2v) is 8.56. The van der Waals surface area contributed by atoms with Crippen LogP contribution in [0.5, 0.6) is 0 Å². The summed E-state index contributed by atoms with van der Waals surface area (Å²) in [7, 11) is 0. The van der Waals surface area contributed by atoms with E-state index in [2.05, 4.69) is 21.3 Å². The van der Waals surface area contributed by atoms with Crippen LogP contribution in [0.1, 0.15) is 39.1 Å². The zero-order valence-electron chi connectivity index (χ0n) is 18.2. The smallest absolute Gasteiger partial charge is 0.259 e. The van der Waals surface area contributed by atoms with Gasteiger partial charge in [-0.1, -0.05) is 24.3 Å². The molecule has 0 radical (unpaired) electrons. The number of hydrogen-bond donors (Lipinski definition) is 1. The minimum absolute atomic E-state index is 0.0553. The molecule has 2 aliphatic heterocycles. The molecule has 2 amide bonds. The van der Waals surface area contributed by atoms with E-state index in [-0.39, 0.29) is 23.9 Å². The molecule has 0 unspecified atom stereocenters. The summed E-state index contributed by atoms with van der Waals surface area (Å²) in [6.07, 6.45) is 5.12. The summed E-state index contributed by atoms with van der Waals surface area (Å²) in [5.74, 6) is -0.757. The number of pyridine rings is 1.